The van der Waals surface area contributed by atoms with Crippen molar-refractivity contribution in [3.8, 4) is 0 Å². The number of amides is 2. The fraction of sp³-hybridized carbons (Fsp3) is 0.615. The van der Waals surface area contributed by atoms with Crippen LogP contribution in [-0.4, -0.2) is 112 Å². The van der Waals surface area contributed by atoms with Crippen molar-refractivity contribution in [3.63, 3.8) is 0 Å². The van der Waals surface area contributed by atoms with Crippen LogP contribution in [0.2, 0.25) is 0 Å². The van der Waals surface area contributed by atoms with E-state index in [1.165, 1.54) is 6.92 Å². The minimum atomic E-state index is -1.29. The molecule has 2 radical (unpaired) electrons. The third-order valence-corrected chi connectivity index (χ3v) is 3.92. The van der Waals surface area contributed by atoms with Crippen LogP contribution in [-0.2, 0) is 24.0 Å². The average Bonchev–Trinajstić information content (AvgIpc) is 2.53. The van der Waals surface area contributed by atoms with Gasteiger partial charge in [-0.05, 0) is 13.3 Å². The summed E-state index contributed by atoms with van der Waals surface area (Å²) < 4.78 is 0. The quantitative estimate of drug-likeness (QED) is 0.189. The molecule has 0 fully saturated rings. The Balaban J connectivity index is 0. The van der Waals surface area contributed by atoms with Crippen molar-refractivity contribution in [2.24, 2.45) is 5.73 Å². The molecule has 0 aromatic heterocycles. The Morgan fingerprint density at radius 2 is 1.73 bits per heavy atom. The Hall–Kier alpha value is -0.920. The second-order valence-electron chi connectivity index (χ2n) is 5.02. The molecule has 3 atom stereocenters. The molecule has 11 nitrogen and oxygen atoms in total. The molecular weight excluding hydrogens is 398 g/mol. The molecule has 0 bridgehead atoms. The van der Waals surface area contributed by atoms with Crippen LogP contribution in [0.25, 0.3) is 0 Å². The standard InChI is InChI=1S/C13H21N3O8S.Ca/c1-6(17)13(24)25-5-8(11(21)15-4-10(19)20)16-9(18)3-2-7(14)12(22)23;/h6-8,17H,2-5,14H2,1H3,(H,15,21)(H,16,18)(H,19,20)(H,22,23);/t6?,7-,8-;/m0./s1. The molecule has 0 aliphatic carbocycles. The number of carboxylic acids is 2. The summed E-state index contributed by atoms with van der Waals surface area (Å²) in [7, 11) is 0. The Kier molecular flexibility index (Phi) is 14.9. The van der Waals surface area contributed by atoms with Crippen LogP contribution in [0.3, 0.4) is 0 Å². The van der Waals surface area contributed by atoms with Gasteiger partial charge in [-0.3, -0.25) is 24.0 Å². The Morgan fingerprint density at radius 1 is 1.15 bits per heavy atom. The smallest absolute Gasteiger partial charge is 0.322 e. The number of carbonyl (C=O) groups excluding carboxylic acids is 3. The second kappa shape index (κ2) is 14.2. The van der Waals surface area contributed by atoms with Gasteiger partial charge < -0.3 is 31.7 Å². The van der Waals surface area contributed by atoms with E-state index < -0.39 is 53.6 Å². The first-order chi connectivity index (χ1) is 11.5. The minimum Gasteiger partial charge on any atom is -0.480 e. The summed E-state index contributed by atoms with van der Waals surface area (Å²) in [4.78, 5) is 56.2. The van der Waals surface area contributed by atoms with Crippen LogP contribution in [0, 0.1) is 0 Å². The van der Waals surface area contributed by atoms with Crippen LogP contribution in [0.4, 0.5) is 0 Å². The summed E-state index contributed by atoms with van der Waals surface area (Å²) in [5.41, 5.74) is 5.27. The van der Waals surface area contributed by atoms with Gasteiger partial charge in [0.15, 0.2) is 0 Å². The van der Waals surface area contributed by atoms with E-state index in [2.05, 4.69) is 10.6 Å². The number of aliphatic hydroxyl groups is 1. The predicted octanol–water partition coefficient (Wildman–Crippen LogP) is -2.88. The third kappa shape index (κ3) is 12.4. The maximum absolute atomic E-state index is 11.9. The zero-order chi connectivity index (χ0) is 19.6. The summed E-state index contributed by atoms with van der Waals surface area (Å²) in [5, 5.41) is 30.0. The summed E-state index contributed by atoms with van der Waals surface area (Å²) in [6.07, 6.45) is -1.70. The second-order valence-corrected chi connectivity index (χ2v) is 6.05. The molecule has 0 spiro atoms. The van der Waals surface area contributed by atoms with Crippen LogP contribution >= 0.6 is 11.8 Å². The minimum absolute atomic E-state index is 0. The van der Waals surface area contributed by atoms with Crippen molar-refractivity contribution in [2.75, 3.05) is 12.3 Å². The van der Waals surface area contributed by atoms with Crippen molar-refractivity contribution in [1.29, 1.82) is 0 Å². The molecule has 26 heavy (non-hydrogen) atoms. The van der Waals surface area contributed by atoms with Crippen LogP contribution in [0.1, 0.15) is 19.8 Å². The normalized spacial score (nSPS) is 13.5. The van der Waals surface area contributed by atoms with Crippen LogP contribution in [0.15, 0.2) is 0 Å². The fourth-order valence-electron chi connectivity index (χ4n) is 1.43. The fourth-order valence-corrected chi connectivity index (χ4v) is 2.24. The number of carboxylic acid groups (broad SMARTS) is 2. The Labute approximate surface area is 183 Å². The summed E-state index contributed by atoms with van der Waals surface area (Å²) in [6, 6.07) is -2.48. The summed E-state index contributed by atoms with van der Waals surface area (Å²) >= 11 is 0.596. The predicted molar refractivity (Wildman–Crippen MR) is 92.3 cm³/mol. The Morgan fingerprint density at radius 3 is 2.19 bits per heavy atom. The number of nitrogens with one attached hydrogen (secondary N) is 2. The van der Waals surface area contributed by atoms with Crippen molar-refractivity contribution in [2.45, 2.75) is 38.0 Å². The van der Waals surface area contributed by atoms with Gasteiger partial charge in [0.2, 0.25) is 16.9 Å². The van der Waals surface area contributed by atoms with Gasteiger partial charge in [0.25, 0.3) is 0 Å². The van der Waals surface area contributed by atoms with Gasteiger partial charge in [-0.25, -0.2) is 0 Å². The largest absolute Gasteiger partial charge is 0.480 e. The van der Waals surface area contributed by atoms with Crippen molar-refractivity contribution >= 4 is 78.4 Å². The SMILES string of the molecule is CC(O)C(=O)SC[C@H](NC(=O)CC[C@H](N)C(=O)O)C(=O)NCC(=O)O.[Ca]. The van der Waals surface area contributed by atoms with E-state index >= 15 is 0 Å². The molecule has 0 aromatic carbocycles. The van der Waals surface area contributed by atoms with Gasteiger partial charge >= 0.3 is 11.9 Å². The van der Waals surface area contributed by atoms with Crippen molar-refractivity contribution in [1.82, 2.24) is 10.6 Å². The zero-order valence-corrected chi connectivity index (χ0v) is 17.2. The third-order valence-electron chi connectivity index (χ3n) is 2.80. The van der Waals surface area contributed by atoms with E-state index in [4.69, 9.17) is 21.1 Å². The molecule has 0 rings (SSSR count). The molecule has 0 aliphatic rings. The number of hydrogen-bond donors (Lipinski definition) is 6. The van der Waals surface area contributed by atoms with Crippen LogP contribution in [0.5, 0.6) is 0 Å². The first kappa shape index (κ1) is 27.3. The number of nitrogens with two attached hydrogens (primary N) is 1. The number of carbonyl (C=O) groups is 5. The molecule has 13 heteroatoms. The molecule has 1 unspecified atom stereocenters. The van der Waals surface area contributed by atoms with E-state index in [9.17, 15) is 24.0 Å². The van der Waals surface area contributed by atoms with E-state index in [1.807, 2.05) is 0 Å². The average molecular weight is 419 g/mol. The van der Waals surface area contributed by atoms with E-state index in [0.29, 0.717) is 11.8 Å². The number of thioether (sulfide) groups is 1. The van der Waals surface area contributed by atoms with Gasteiger partial charge in [0, 0.05) is 49.9 Å². The van der Waals surface area contributed by atoms with E-state index in [1.54, 1.807) is 0 Å². The molecule has 0 aromatic rings. The number of hydrogen-bond acceptors (Lipinski definition) is 8. The molecule has 0 saturated heterocycles. The first-order valence-electron chi connectivity index (χ1n) is 7.16. The molecular formula is C13H21CaN3O8S. The number of rotatable bonds is 11. The molecule has 144 valence electrons. The molecule has 0 aliphatic heterocycles. The van der Waals surface area contributed by atoms with Gasteiger partial charge in [0.1, 0.15) is 24.7 Å². The van der Waals surface area contributed by atoms with Gasteiger partial charge in [0.05, 0.1) is 0 Å². The first-order valence-corrected chi connectivity index (χ1v) is 8.15. The number of aliphatic hydroxyl groups excluding tert-OH is 1. The topological polar surface area (TPSA) is 196 Å². The van der Waals surface area contributed by atoms with Gasteiger partial charge in [-0.15, -0.1) is 0 Å². The molecule has 7 N–H and O–H groups in total. The number of aliphatic carboxylic acids is 2. The monoisotopic (exact) mass is 419 g/mol. The van der Waals surface area contributed by atoms with Gasteiger partial charge in [-0.2, -0.15) is 0 Å². The van der Waals surface area contributed by atoms with Crippen molar-refractivity contribution < 1.29 is 39.3 Å². The Bertz CT molecular complexity index is 532. The molecule has 2 amide bonds. The van der Waals surface area contributed by atoms with E-state index in [0.717, 1.165) is 0 Å². The van der Waals surface area contributed by atoms with E-state index in [-0.39, 0.29) is 56.3 Å². The van der Waals surface area contributed by atoms with Crippen LogP contribution < -0.4 is 16.4 Å². The molecule has 0 heterocycles. The maximum Gasteiger partial charge on any atom is 0.322 e. The van der Waals surface area contributed by atoms with Gasteiger partial charge in [-0.1, -0.05) is 11.8 Å². The zero-order valence-electron chi connectivity index (χ0n) is 14.1. The summed E-state index contributed by atoms with van der Waals surface area (Å²) in [5.74, 6) is -4.31. The van der Waals surface area contributed by atoms with Crippen molar-refractivity contribution in [3.05, 3.63) is 0 Å². The molecule has 0 saturated carbocycles. The maximum atomic E-state index is 11.9. The summed E-state index contributed by atoms with van der Waals surface area (Å²) in [6.45, 7) is 0.560.